The minimum Gasteiger partial charge on any atom is -0.306 e. The van der Waals surface area contributed by atoms with Crippen molar-refractivity contribution >= 4 is 44.8 Å². The monoisotopic (exact) mass is 411 g/mol. The first-order valence-electron chi connectivity index (χ1n) is 7.19. The summed E-state index contributed by atoms with van der Waals surface area (Å²) in [6, 6.07) is 9.68. The van der Waals surface area contributed by atoms with Gasteiger partial charge in [0.1, 0.15) is 5.65 Å². The van der Waals surface area contributed by atoms with Crippen LogP contribution < -0.4 is 5.32 Å². The third-order valence-corrected chi connectivity index (χ3v) is 5.03. The van der Waals surface area contributed by atoms with Gasteiger partial charge in [-0.2, -0.15) is 0 Å². The Bertz CT molecular complexity index is 858. The first-order chi connectivity index (χ1) is 10.8. The van der Waals surface area contributed by atoms with Gasteiger partial charge in [-0.05, 0) is 59.6 Å². The van der Waals surface area contributed by atoms with Crippen LogP contribution in [0.2, 0.25) is 10.0 Å². The second-order valence-electron chi connectivity index (χ2n) is 5.95. The van der Waals surface area contributed by atoms with E-state index in [1.54, 1.807) is 0 Å². The molecular weight excluding hydrogens is 397 g/mol. The fourth-order valence-electron chi connectivity index (χ4n) is 2.40. The van der Waals surface area contributed by atoms with Gasteiger partial charge in [0.25, 0.3) is 0 Å². The molecule has 0 saturated heterocycles. The third-order valence-electron chi connectivity index (χ3n) is 3.82. The van der Waals surface area contributed by atoms with Crippen molar-refractivity contribution in [2.75, 3.05) is 0 Å². The van der Waals surface area contributed by atoms with Crippen molar-refractivity contribution in [3.63, 3.8) is 0 Å². The predicted octanol–water partition coefficient (Wildman–Crippen LogP) is 5.43. The minimum absolute atomic E-state index is 0.245. The highest BCUT2D eigenvalue weighted by molar-refractivity contribution is 9.10. The second kappa shape index (κ2) is 6.44. The standard InChI is InChI=1S/C17H16BrCl2N3/c1-17(2,11-3-5-14(19)15(20)7-11)21-8-13-10-23-9-12(18)4-6-16(23)22-13/h3-7,9-10,21H,8H2,1-2H3. The number of aromatic nitrogens is 2. The van der Waals surface area contributed by atoms with Gasteiger partial charge >= 0.3 is 0 Å². The average Bonchev–Trinajstić information content (AvgIpc) is 2.90. The molecule has 2 aromatic heterocycles. The zero-order valence-electron chi connectivity index (χ0n) is 12.8. The molecule has 0 aliphatic rings. The van der Waals surface area contributed by atoms with Gasteiger partial charge in [0.05, 0.1) is 15.7 Å². The lowest BCUT2D eigenvalue weighted by atomic mass is 9.94. The Kier molecular flexibility index (Phi) is 4.70. The van der Waals surface area contributed by atoms with E-state index in [1.807, 2.05) is 47.1 Å². The summed E-state index contributed by atoms with van der Waals surface area (Å²) < 4.78 is 3.03. The van der Waals surface area contributed by atoms with Gasteiger partial charge in [0, 0.05) is 29.0 Å². The van der Waals surface area contributed by atoms with E-state index < -0.39 is 0 Å². The molecule has 1 N–H and O–H groups in total. The van der Waals surface area contributed by atoms with Crippen molar-refractivity contribution in [1.29, 1.82) is 0 Å². The van der Waals surface area contributed by atoms with E-state index in [-0.39, 0.29) is 5.54 Å². The predicted molar refractivity (Wildman–Crippen MR) is 99.2 cm³/mol. The Morgan fingerprint density at radius 3 is 2.65 bits per heavy atom. The number of rotatable bonds is 4. The van der Waals surface area contributed by atoms with Crippen LogP contribution in [0.1, 0.15) is 25.1 Å². The fraction of sp³-hybridized carbons (Fsp3) is 0.235. The summed E-state index contributed by atoms with van der Waals surface area (Å²) in [4.78, 5) is 4.61. The van der Waals surface area contributed by atoms with Gasteiger partial charge in [-0.15, -0.1) is 0 Å². The minimum atomic E-state index is -0.245. The Balaban J connectivity index is 1.78. The number of pyridine rings is 1. The van der Waals surface area contributed by atoms with Gasteiger partial charge in [-0.1, -0.05) is 29.3 Å². The lowest BCUT2D eigenvalue weighted by Crippen LogP contribution is -2.36. The molecule has 3 rings (SSSR count). The van der Waals surface area contributed by atoms with E-state index >= 15 is 0 Å². The average molecular weight is 413 g/mol. The summed E-state index contributed by atoms with van der Waals surface area (Å²) in [7, 11) is 0. The van der Waals surface area contributed by atoms with Crippen LogP contribution in [0.15, 0.2) is 47.2 Å². The molecule has 3 nitrogen and oxygen atoms in total. The van der Waals surface area contributed by atoms with E-state index in [2.05, 4.69) is 40.1 Å². The van der Waals surface area contributed by atoms with Crippen molar-refractivity contribution in [2.24, 2.45) is 0 Å². The zero-order valence-corrected chi connectivity index (χ0v) is 15.9. The molecule has 0 unspecified atom stereocenters. The molecule has 6 heteroatoms. The molecule has 3 aromatic rings. The molecule has 0 atom stereocenters. The normalized spacial score (nSPS) is 12.0. The van der Waals surface area contributed by atoms with E-state index in [0.29, 0.717) is 16.6 Å². The molecule has 0 fully saturated rings. The third kappa shape index (κ3) is 3.72. The highest BCUT2D eigenvalue weighted by Gasteiger charge is 2.21. The lowest BCUT2D eigenvalue weighted by Gasteiger charge is -2.27. The van der Waals surface area contributed by atoms with Gasteiger partial charge in [0.2, 0.25) is 0 Å². The van der Waals surface area contributed by atoms with Crippen molar-refractivity contribution < 1.29 is 0 Å². The van der Waals surface area contributed by atoms with Crippen LogP contribution in [0.4, 0.5) is 0 Å². The Hall–Kier alpha value is -1.07. The SMILES string of the molecule is CC(C)(NCc1cn2cc(Br)ccc2n1)c1ccc(Cl)c(Cl)c1. The summed E-state index contributed by atoms with van der Waals surface area (Å²) in [5.74, 6) is 0. The molecule has 1 aromatic carbocycles. The van der Waals surface area contributed by atoms with E-state index in [1.165, 1.54) is 0 Å². The number of hydrogen-bond acceptors (Lipinski definition) is 2. The fourth-order valence-corrected chi connectivity index (χ4v) is 3.05. The smallest absolute Gasteiger partial charge is 0.137 e. The number of imidazole rings is 1. The van der Waals surface area contributed by atoms with E-state index in [4.69, 9.17) is 23.2 Å². The van der Waals surface area contributed by atoms with Crippen LogP contribution in [-0.2, 0) is 12.1 Å². The van der Waals surface area contributed by atoms with Crippen LogP contribution in [-0.4, -0.2) is 9.38 Å². The van der Waals surface area contributed by atoms with Gasteiger partial charge in [-0.3, -0.25) is 0 Å². The molecule has 0 spiro atoms. The highest BCUT2D eigenvalue weighted by atomic mass is 79.9. The van der Waals surface area contributed by atoms with Crippen LogP contribution >= 0.6 is 39.1 Å². The first-order valence-corrected chi connectivity index (χ1v) is 8.74. The first kappa shape index (κ1) is 16.8. The van der Waals surface area contributed by atoms with E-state index in [0.717, 1.165) is 21.4 Å². The summed E-state index contributed by atoms with van der Waals surface area (Å²) in [5, 5.41) is 4.66. The van der Waals surface area contributed by atoms with Gasteiger partial charge in [0.15, 0.2) is 0 Å². The number of hydrogen-bond donors (Lipinski definition) is 1. The molecule has 23 heavy (non-hydrogen) atoms. The number of nitrogens with one attached hydrogen (secondary N) is 1. The summed E-state index contributed by atoms with van der Waals surface area (Å²) >= 11 is 15.6. The van der Waals surface area contributed by atoms with Crippen molar-refractivity contribution in [2.45, 2.75) is 25.9 Å². The van der Waals surface area contributed by atoms with E-state index in [9.17, 15) is 0 Å². The van der Waals surface area contributed by atoms with Crippen molar-refractivity contribution in [1.82, 2.24) is 14.7 Å². The second-order valence-corrected chi connectivity index (χ2v) is 7.68. The molecule has 0 aliphatic heterocycles. The molecule has 0 radical (unpaired) electrons. The number of benzene rings is 1. The van der Waals surface area contributed by atoms with Crippen molar-refractivity contribution in [3.8, 4) is 0 Å². The zero-order chi connectivity index (χ0) is 16.6. The lowest BCUT2D eigenvalue weighted by molar-refractivity contribution is 0.399. The maximum absolute atomic E-state index is 6.13. The quantitative estimate of drug-likeness (QED) is 0.619. The molecule has 2 heterocycles. The summed E-state index contributed by atoms with van der Waals surface area (Å²) in [6.45, 7) is 4.88. The highest BCUT2D eigenvalue weighted by Crippen LogP contribution is 2.28. The topological polar surface area (TPSA) is 29.3 Å². The van der Waals surface area contributed by atoms with Crippen LogP contribution in [0.25, 0.3) is 5.65 Å². The summed E-state index contributed by atoms with van der Waals surface area (Å²) in [6.07, 6.45) is 4.02. The molecule has 0 bridgehead atoms. The Labute approximate surface area is 153 Å². The summed E-state index contributed by atoms with van der Waals surface area (Å²) in [5.41, 5.74) is 2.75. The van der Waals surface area contributed by atoms with Gasteiger partial charge in [-0.25, -0.2) is 4.98 Å². The number of fused-ring (bicyclic) bond motifs is 1. The van der Waals surface area contributed by atoms with Crippen LogP contribution in [0.3, 0.4) is 0 Å². The number of halogens is 3. The van der Waals surface area contributed by atoms with Gasteiger partial charge < -0.3 is 9.72 Å². The maximum atomic E-state index is 6.13. The molecular formula is C17H16BrCl2N3. The molecule has 120 valence electrons. The van der Waals surface area contributed by atoms with Crippen LogP contribution in [0, 0.1) is 0 Å². The Morgan fingerprint density at radius 1 is 1.13 bits per heavy atom. The molecule has 0 saturated carbocycles. The maximum Gasteiger partial charge on any atom is 0.137 e. The molecule has 0 aliphatic carbocycles. The number of nitrogens with zero attached hydrogens (tertiary/aromatic N) is 2. The van der Waals surface area contributed by atoms with Crippen LogP contribution in [0.5, 0.6) is 0 Å². The molecule has 0 amide bonds. The van der Waals surface area contributed by atoms with Crippen molar-refractivity contribution in [3.05, 3.63) is 68.5 Å². The largest absolute Gasteiger partial charge is 0.306 e. The Morgan fingerprint density at radius 2 is 1.91 bits per heavy atom.